The van der Waals surface area contributed by atoms with Gasteiger partial charge in [-0.25, -0.2) is 0 Å². The molecule has 10 heavy (non-hydrogen) atoms. The summed E-state index contributed by atoms with van der Waals surface area (Å²) in [4.78, 5) is 0. The summed E-state index contributed by atoms with van der Waals surface area (Å²) >= 11 is 0. The van der Waals surface area contributed by atoms with Crippen LogP contribution in [0.3, 0.4) is 0 Å². The Morgan fingerprint density at radius 1 is 1.40 bits per heavy atom. The zero-order chi connectivity index (χ0) is 7.98. The highest BCUT2D eigenvalue weighted by Crippen LogP contribution is 2.10. The molecule has 0 aromatic rings. The molecule has 62 valence electrons. The van der Waals surface area contributed by atoms with E-state index in [9.17, 15) is 0 Å². The Bertz CT molecular complexity index is 71.7. The largest absolute Gasteiger partial charge is 0.396 e. The van der Waals surface area contributed by atoms with Crippen LogP contribution in [0.5, 0.6) is 0 Å². The molecule has 0 fully saturated rings. The van der Waals surface area contributed by atoms with Crippen molar-refractivity contribution >= 4 is 0 Å². The lowest BCUT2D eigenvalue weighted by atomic mass is 9.99. The molecule has 0 saturated heterocycles. The molecule has 0 aliphatic carbocycles. The smallest absolute Gasteiger partial charge is 0.0512 e. The van der Waals surface area contributed by atoms with E-state index in [1.165, 1.54) is 0 Å². The third-order valence-electron chi connectivity index (χ3n) is 1.47. The van der Waals surface area contributed by atoms with Crippen molar-refractivity contribution in [1.82, 2.24) is 0 Å². The predicted molar refractivity (Wildman–Crippen MR) is 41.9 cm³/mol. The van der Waals surface area contributed by atoms with Gasteiger partial charge in [0.1, 0.15) is 0 Å². The predicted octanol–water partition coefficient (Wildman–Crippen LogP) is 1.29. The van der Waals surface area contributed by atoms with Gasteiger partial charge in [-0.3, -0.25) is 0 Å². The summed E-state index contributed by atoms with van der Waals surface area (Å²) < 4.78 is 4.94. The van der Waals surface area contributed by atoms with Crippen LogP contribution in [0.4, 0.5) is 0 Å². The van der Waals surface area contributed by atoms with Gasteiger partial charge in [-0.05, 0) is 12.3 Å². The van der Waals surface area contributed by atoms with E-state index >= 15 is 0 Å². The first-order valence-corrected chi connectivity index (χ1v) is 3.80. The summed E-state index contributed by atoms with van der Waals surface area (Å²) in [6.45, 7) is 5.22. The van der Waals surface area contributed by atoms with Crippen molar-refractivity contribution in [2.24, 2.45) is 11.8 Å². The van der Waals surface area contributed by atoms with Crippen molar-refractivity contribution in [3.8, 4) is 0 Å². The van der Waals surface area contributed by atoms with Crippen LogP contribution in [0.1, 0.15) is 20.3 Å². The van der Waals surface area contributed by atoms with Crippen LogP contribution >= 0.6 is 0 Å². The molecule has 1 N–H and O–H groups in total. The minimum Gasteiger partial charge on any atom is -0.396 e. The molecule has 0 bridgehead atoms. The van der Waals surface area contributed by atoms with Gasteiger partial charge < -0.3 is 9.84 Å². The average molecular weight is 146 g/mol. The van der Waals surface area contributed by atoms with E-state index in [0.717, 1.165) is 6.42 Å². The number of rotatable bonds is 5. The highest BCUT2D eigenvalue weighted by atomic mass is 16.5. The van der Waals surface area contributed by atoms with Crippen LogP contribution in [0.15, 0.2) is 0 Å². The van der Waals surface area contributed by atoms with Crippen LogP contribution in [-0.2, 0) is 4.74 Å². The summed E-state index contributed by atoms with van der Waals surface area (Å²) in [6.07, 6.45) is 1.05. The van der Waals surface area contributed by atoms with E-state index in [-0.39, 0.29) is 6.61 Å². The molecular formula is C8H18O2. The minimum absolute atomic E-state index is 0.242. The fourth-order valence-corrected chi connectivity index (χ4v) is 1.10. The molecule has 2 nitrogen and oxygen atoms in total. The summed E-state index contributed by atoms with van der Waals surface area (Å²) in [5.41, 5.74) is 0. The summed E-state index contributed by atoms with van der Waals surface area (Å²) in [7, 11) is 1.67. The lowest BCUT2D eigenvalue weighted by molar-refractivity contribution is 0.0979. The molecule has 0 aliphatic heterocycles. The zero-order valence-corrected chi connectivity index (χ0v) is 7.13. The van der Waals surface area contributed by atoms with Crippen LogP contribution in [0.25, 0.3) is 0 Å². The standard InChI is InChI=1S/C8H18O2/c1-7(2)4-8(5-9)6-10-3/h7-9H,4-6H2,1-3H3/t8-/m0/s1. The molecule has 0 spiro atoms. The Hall–Kier alpha value is -0.0800. The molecule has 0 rings (SSSR count). The fourth-order valence-electron chi connectivity index (χ4n) is 1.10. The van der Waals surface area contributed by atoms with Gasteiger partial charge in [-0.15, -0.1) is 0 Å². The van der Waals surface area contributed by atoms with Crippen molar-refractivity contribution in [1.29, 1.82) is 0 Å². The number of ether oxygens (including phenoxy) is 1. The third-order valence-corrected chi connectivity index (χ3v) is 1.47. The van der Waals surface area contributed by atoms with Gasteiger partial charge in [0, 0.05) is 19.6 Å². The molecule has 0 aromatic heterocycles. The number of aliphatic hydroxyl groups is 1. The third kappa shape index (κ3) is 4.77. The van der Waals surface area contributed by atoms with Crippen LogP contribution in [-0.4, -0.2) is 25.4 Å². The maximum absolute atomic E-state index is 8.83. The molecule has 0 saturated carbocycles. The van der Waals surface area contributed by atoms with Crippen LogP contribution in [0.2, 0.25) is 0 Å². The first-order valence-electron chi connectivity index (χ1n) is 3.80. The minimum atomic E-state index is 0.242. The molecule has 0 amide bonds. The monoisotopic (exact) mass is 146 g/mol. The van der Waals surface area contributed by atoms with E-state index in [0.29, 0.717) is 18.4 Å². The second-order valence-corrected chi connectivity index (χ2v) is 3.13. The van der Waals surface area contributed by atoms with Crippen molar-refractivity contribution in [2.45, 2.75) is 20.3 Å². The quantitative estimate of drug-likeness (QED) is 0.633. The topological polar surface area (TPSA) is 29.5 Å². The second-order valence-electron chi connectivity index (χ2n) is 3.13. The molecule has 1 atom stereocenters. The first-order chi connectivity index (χ1) is 4.70. The Kier molecular flexibility index (Phi) is 5.64. The Morgan fingerprint density at radius 2 is 2.00 bits per heavy atom. The van der Waals surface area contributed by atoms with Crippen molar-refractivity contribution in [3.05, 3.63) is 0 Å². The molecule has 0 radical (unpaired) electrons. The number of hydrogen-bond donors (Lipinski definition) is 1. The van der Waals surface area contributed by atoms with E-state index in [1.54, 1.807) is 7.11 Å². The van der Waals surface area contributed by atoms with E-state index < -0.39 is 0 Å². The molecule has 0 unspecified atom stereocenters. The molecule has 0 aromatic carbocycles. The normalized spacial score (nSPS) is 14.1. The molecule has 2 heteroatoms. The van der Waals surface area contributed by atoms with E-state index in [4.69, 9.17) is 9.84 Å². The molecular weight excluding hydrogens is 128 g/mol. The number of aliphatic hydroxyl groups excluding tert-OH is 1. The Balaban J connectivity index is 3.39. The highest BCUT2D eigenvalue weighted by molar-refractivity contribution is 4.58. The van der Waals surface area contributed by atoms with E-state index in [1.807, 2.05) is 0 Å². The van der Waals surface area contributed by atoms with Gasteiger partial charge in [0.05, 0.1) is 6.61 Å². The molecule has 0 aliphatic rings. The Labute approximate surface area is 63.2 Å². The number of hydrogen-bond acceptors (Lipinski definition) is 2. The van der Waals surface area contributed by atoms with Crippen LogP contribution in [0, 0.1) is 11.8 Å². The highest BCUT2D eigenvalue weighted by Gasteiger charge is 2.08. The summed E-state index contributed by atoms with van der Waals surface area (Å²) in [5.74, 6) is 0.970. The summed E-state index contributed by atoms with van der Waals surface area (Å²) in [6, 6.07) is 0. The van der Waals surface area contributed by atoms with Crippen molar-refractivity contribution < 1.29 is 9.84 Å². The van der Waals surface area contributed by atoms with Gasteiger partial charge in [0.2, 0.25) is 0 Å². The lowest BCUT2D eigenvalue weighted by Crippen LogP contribution is -2.14. The van der Waals surface area contributed by atoms with Crippen molar-refractivity contribution in [3.63, 3.8) is 0 Å². The maximum Gasteiger partial charge on any atom is 0.0512 e. The lowest BCUT2D eigenvalue weighted by Gasteiger charge is -2.14. The van der Waals surface area contributed by atoms with Crippen molar-refractivity contribution in [2.75, 3.05) is 20.3 Å². The number of methoxy groups -OCH3 is 1. The average Bonchev–Trinajstić information content (AvgIpc) is 1.86. The van der Waals surface area contributed by atoms with E-state index in [2.05, 4.69) is 13.8 Å². The second kappa shape index (κ2) is 5.69. The van der Waals surface area contributed by atoms with Crippen LogP contribution < -0.4 is 0 Å². The maximum atomic E-state index is 8.83. The Morgan fingerprint density at radius 3 is 2.30 bits per heavy atom. The van der Waals surface area contributed by atoms with Gasteiger partial charge in [-0.2, -0.15) is 0 Å². The fraction of sp³-hybridized carbons (Fsp3) is 1.00. The van der Waals surface area contributed by atoms with Gasteiger partial charge >= 0.3 is 0 Å². The van der Waals surface area contributed by atoms with Gasteiger partial charge in [0.15, 0.2) is 0 Å². The van der Waals surface area contributed by atoms with Gasteiger partial charge in [0.25, 0.3) is 0 Å². The zero-order valence-electron chi connectivity index (χ0n) is 7.13. The SMILES string of the molecule is COC[C@H](CO)CC(C)C. The van der Waals surface area contributed by atoms with Gasteiger partial charge in [-0.1, -0.05) is 13.8 Å². The first kappa shape index (κ1) is 9.92. The molecule has 0 heterocycles. The summed E-state index contributed by atoms with van der Waals surface area (Å²) in [5, 5.41) is 8.83.